The molecule has 3 heterocycles. The highest BCUT2D eigenvalue weighted by molar-refractivity contribution is 5.97. The van der Waals surface area contributed by atoms with Crippen LogP contribution in [-0.4, -0.2) is 114 Å². The van der Waals surface area contributed by atoms with Gasteiger partial charge in [-0.05, 0) is 71.8 Å². The van der Waals surface area contributed by atoms with Gasteiger partial charge in [0, 0.05) is 63.9 Å². The second kappa shape index (κ2) is 13.6. The Bertz CT molecular complexity index is 1200. The minimum atomic E-state index is -0.503. The average molecular weight is 586 g/mol. The Kier molecular flexibility index (Phi) is 10.4. The molecule has 0 saturated carbocycles. The van der Waals surface area contributed by atoms with Crippen molar-refractivity contribution in [2.45, 2.75) is 65.6 Å². The zero-order valence-electron chi connectivity index (χ0n) is 26.5. The summed E-state index contributed by atoms with van der Waals surface area (Å²) in [6.07, 6.45) is 3.66. The van der Waals surface area contributed by atoms with Crippen LogP contribution in [0.2, 0.25) is 0 Å². The van der Waals surface area contributed by atoms with Crippen molar-refractivity contribution < 1.29 is 18.7 Å². The first-order chi connectivity index (χ1) is 20.0. The van der Waals surface area contributed by atoms with Crippen LogP contribution in [0.15, 0.2) is 24.5 Å². The number of hydrogen-bond acceptors (Lipinski definition) is 9. The van der Waals surface area contributed by atoms with Crippen LogP contribution in [0.3, 0.4) is 0 Å². The number of likely N-dealkylation sites (N-methyl/N-ethyl adjacent to an activating group) is 1. The van der Waals surface area contributed by atoms with Crippen molar-refractivity contribution >= 4 is 11.7 Å². The number of methoxy groups -OCH3 is 1. The second-order valence-corrected chi connectivity index (χ2v) is 12.8. The minimum Gasteiger partial charge on any atom is -0.434 e. The van der Waals surface area contributed by atoms with E-state index in [9.17, 15) is 9.18 Å². The molecule has 42 heavy (non-hydrogen) atoms. The Morgan fingerprint density at radius 1 is 1.17 bits per heavy atom. The van der Waals surface area contributed by atoms with Crippen molar-refractivity contribution in [1.29, 1.82) is 0 Å². The van der Waals surface area contributed by atoms with Gasteiger partial charge in [-0.1, -0.05) is 13.8 Å². The molecule has 0 aliphatic carbocycles. The number of ether oxygens (including phenoxy) is 2. The van der Waals surface area contributed by atoms with Crippen molar-refractivity contribution in [1.82, 2.24) is 29.9 Å². The summed E-state index contributed by atoms with van der Waals surface area (Å²) in [5.74, 6) is 0.764. The lowest BCUT2D eigenvalue weighted by Crippen LogP contribution is -2.62. The summed E-state index contributed by atoms with van der Waals surface area (Å²) >= 11 is 0. The second-order valence-electron chi connectivity index (χ2n) is 12.8. The number of nitrogens with zero attached hydrogens (tertiary/aromatic N) is 7. The quantitative estimate of drug-likeness (QED) is 0.344. The third-order valence-corrected chi connectivity index (χ3v) is 8.63. The summed E-state index contributed by atoms with van der Waals surface area (Å²) in [5, 5.41) is 8.20. The van der Waals surface area contributed by atoms with Gasteiger partial charge in [0.2, 0.25) is 0 Å². The molecule has 0 N–H and O–H groups in total. The van der Waals surface area contributed by atoms with Gasteiger partial charge in [-0.2, -0.15) is 0 Å². The van der Waals surface area contributed by atoms with E-state index in [2.05, 4.69) is 57.8 Å². The van der Waals surface area contributed by atoms with Crippen molar-refractivity contribution in [2.24, 2.45) is 11.3 Å². The summed E-state index contributed by atoms with van der Waals surface area (Å²) in [6, 6.07) is 4.39. The monoisotopic (exact) mass is 585 g/mol. The number of benzene rings is 1. The van der Waals surface area contributed by atoms with E-state index in [1.165, 1.54) is 24.5 Å². The van der Waals surface area contributed by atoms with Crippen LogP contribution in [0.1, 0.15) is 57.8 Å². The molecule has 1 aromatic carbocycles. The maximum Gasteiger partial charge on any atom is 0.282 e. The maximum atomic E-state index is 14.3. The van der Waals surface area contributed by atoms with Gasteiger partial charge in [-0.25, -0.2) is 9.37 Å². The van der Waals surface area contributed by atoms with Gasteiger partial charge in [0.15, 0.2) is 5.82 Å². The van der Waals surface area contributed by atoms with Crippen molar-refractivity contribution in [2.75, 3.05) is 65.4 Å². The summed E-state index contributed by atoms with van der Waals surface area (Å²) in [6.45, 7) is 15.5. The molecule has 1 amide bonds. The molecule has 232 valence electrons. The molecule has 2 aromatic rings. The van der Waals surface area contributed by atoms with Gasteiger partial charge in [0.05, 0.1) is 11.7 Å². The van der Waals surface area contributed by atoms with E-state index in [4.69, 9.17) is 9.47 Å². The summed E-state index contributed by atoms with van der Waals surface area (Å²) < 4.78 is 26.3. The summed E-state index contributed by atoms with van der Waals surface area (Å²) in [5.41, 5.74) is 0.327. The first kappa shape index (κ1) is 32.0. The van der Waals surface area contributed by atoms with E-state index in [0.29, 0.717) is 24.3 Å². The normalized spacial score (nSPS) is 18.1. The SMILES string of the molecule is CCN(C(=O)c1cc(F)ccc1Oc1nncnc1N1CCC2(C1)CN(C(C[C@@H](CN(C)C)OC)C(C)C)C2)C(C)C. The number of anilines is 1. The largest absolute Gasteiger partial charge is 0.434 e. The molecule has 2 saturated heterocycles. The number of likely N-dealkylation sites (tertiary alicyclic amines) is 1. The van der Waals surface area contributed by atoms with E-state index < -0.39 is 5.82 Å². The van der Waals surface area contributed by atoms with Crippen LogP contribution >= 0.6 is 0 Å². The van der Waals surface area contributed by atoms with E-state index in [1.807, 2.05) is 27.9 Å². The van der Waals surface area contributed by atoms with Gasteiger partial charge in [0.25, 0.3) is 11.8 Å². The molecule has 1 unspecified atom stereocenters. The van der Waals surface area contributed by atoms with Crippen LogP contribution in [-0.2, 0) is 4.74 Å². The predicted molar refractivity (Wildman–Crippen MR) is 162 cm³/mol. The Morgan fingerprint density at radius 2 is 1.90 bits per heavy atom. The van der Waals surface area contributed by atoms with Crippen molar-refractivity contribution in [3.8, 4) is 11.6 Å². The molecule has 0 radical (unpaired) electrons. The molecule has 10 nitrogen and oxygen atoms in total. The Morgan fingerprint density at radius 3 is 2.52 bits per heavy atom. The zero-order valence-corrected chi connectivity index (χ0v) is 26.5. The molecule has 1 spiro atoms. The molecule has 2 aliphatic rings. The van der Waals surface area contributed by atoms with Crippen molar-refractivity contribution in [3.63, 3.8) is 0 Å². The van der Waals surface area contributed by atoms with Crippen LogP contribution in [0.4, 0.5) is 10.2 Å². The number of carbonyl (C=O) groups excluding carboxylic acids is 1. The molecule has 11 heteroatoms. The molecule has 2 atom stereocenters. The molecule has 2 fully saturated rings. The lowest BCUT2D eigenvalue weighted by Gasteiger charge is -2.53. The topological polar surface area (TPSA) is 87.2 Å². The molecule has 2 aliphatic heterocycles. The van der Waals surface area contributed by atoms with Gasteiger partial charge in [0.1, 0.15) is 17.9 Å². The fraction of sp³-hybridized carbons (Fsp3) is 0.677. The van der Waals surface area contributed by atoms with Crippen LogP contribution in [0.25, 0.3) is 0 Å². The maximum absolute atomic E-state index is 14.3. The Labute approximate surface area is 250 Å². The van der Waals surface area contributed by atoms with Gasteiger partial charge < -0.3 is 24.2 Å². The molecule has 1 aromatic heterocycles. The van der Waals surface area contributed by atoms with Crippen LogP contribution in [0, 0.1) is 17.2 Å². The highest BCUT2D eigenvalue weighted by atomic mass is 19.1. The number of rotatable bonds is 13. The van der Waals surface area contributed by atoms with E-state index in [-0.39, 0.29) is 40.7 Å². The zero-order chi connectivity index (χ0) is 30.6. The van der Waals surface area contributed by atoms with Gasteiger partial charge in [-0.15, -0.1) is 10.2 Å². The highest BCUT2D eigenvalue weighted by Gasteiger charge is 2.50. The van der Waals surface area contributed by atoms with E-state index in [0.717, 1.165) is 45.6 Å². The Hall–Kier alpha value is -2.89. The minimum absolute atomic E-state index is 0.0427. The number of amides is 1. The Balaban J connectivity index is 1.48. The first-order valence-electron chi connectivity index (χ1n) is 15.1. The molecule has 4 rings (SSSR count). The lowest BCUT2D eigenvalue weighted by atomic mass is 9.76. The molecular formula is C31H48FN7O3. The highest BCUT2D eigenvalue weighted by Crippen LogP contribution is 2.44. The fourth-order valence-corrected chi connectivity index (χ4v) is 6.49. The smallest absolute Gasteiger partial charge is 0.282 e. The average Bonchev–Trinajstić information content (AvgIpc) is 3.37. The lowest BCUT2D eigenvalue weighted by molar-refractivity contribution is -0.0529. The standard InChI is InChI=1S/C31H48FN7O3/c1-9-39(22(4)5)30(40)25-14-23(32)10-11-27(25)42-29-28(33-20-34-35-29)37-13-12-31(17-37)18-38(19-31)26(21(2)3)15-24(41-8)16-36(6)7/h10-11,14,20-22,24,26H,9,12-13,15-19H2,1-8H3/t24-,26?/m0/s1. The third-order valence-electron chi connectivity index (χ3n) is 8.63. The summed E-state index contributed by atoms with van der Waals surface area (Å²) in [4.78, 5) is 26.5. The number of hydrogen-bond donors (Lipinski definition) is 0. The first-order valence-corrected chi connectivity index (χ1v) is 15.1. The number of aromatic nitrogens is 3. The predicted octanol–water partition coefficient (Wildman–Crippen LogP) is 4.18. The van der Waals surface area contributed by atoms with E-state index >= 15 is 0 Å². The molecular weight excluding hydrogens is 537 g/mol. The number of carbonyl (C=O) groups is 1. The number of halogens is 1. The summed E-state index contributed by atoms with van der Waals surface area (Å²) in [7, 11) is 5.98. The van der Waals surface area contributed by atoms with Gasteiger partial charge in [-0.3, -0.25) is 9.69 Å². The third kappa shape index (κ3) is 7.18. The van der Waals surface area contributed by atoms with Crippen LogP contribution in [0.5, 0.6) is 11.6 Å². The van der Waals surface area contributed by atoms with Crippen LogP contribution < -0.4 is 9.64 Å². The molecule has 0 bridgehead atoms. The van der Waals surface area contributed by atoms with Gasteiger partial charge >= 0.3 is 0 Å². The van der Waals surface area contributed by atoms with E-state index in [1.54, 1.807) is 4.90 Å². The van der Waals surface area contributed by atoms with Crippen molar-refractivity contribution in [3.05, 3.63) is 35.9 Å². The fourth-order valence-electron chi connectivity index (χ4n) is 6.49.